The third-order valence-electron chi connectivity index (χ3n) is 3.72. The molecule has 0 atom stereocenters. The van der Waals surface area contributed by atoms with E-state index >= 15 is 0 Å². The maximum atomic E-state index is 4.73. The first-order chi connectivity index (χ1) is 10.1. The van der Waals surface area contributed by atoms with Crippen molar-refractivity contribution >= 4 is 11.3 Å². The SMILES string of the molecule is CCCNCCCc1c(C)nc(-c2cscc2C)nc1C. The van der Waals surface area contributed by atoms with Gasteiger partial charge in [-0.25, -0.2) is 9.97 Å². The number of aromatic nitrogens is 2. The summed E-state index contributed by atoms with van der Waals surface area (Å²) >= 11 is 1.71. The van der Waals surface area contributed by atoms with Gasteiger partial charge in [0.25, 0.3) is 0 Å². The normalized spacial score (nSPS) is 11.0. The van der Waals surface area contributed by atoms with Crippen LogP contribution >= 0.6 is 11.3 Å². The highest BCUT2D eigenvalue weighted by Gasteiger charge is 2.11. The second kappa shape index (κ2) is 7.66. The number of thiophene rings is 1. The van der Waals surface area contributed by atoms with E-state index in [9.17, 15) is 0 Å². The van der Waals surface area contributed by atoms with E-state index in [1.54, 1.807) is 11.3 Å². The highest BCUT2D eigenvalue weighted by atomic mass is 32.1. The van der Waals surface area contributed by atoms with Gasteiger partial charge in [-0.1, -0.05) is 6.92 Å². The van der Waals surface area contributed by atoms with Gasteiger partial charge in [-0.2, -0.15) is 11.3 Å². The van der Waals surface area contributed by atoms with Crippen LogP contribution in [0.25, 0.3) is 11.4 Å². The molecule has 0 fully saturated rings. The lowest BCUT2D eigenvalue weighted by Gasteiger charge is -2.11. The number of rotatable bonds is 7. The summed E-state index contributed by atoms with van der Waals surface area (Å²) in [6.07, 6.45) is 3.38. The Balaban J connectivity index is 2.09. The van der Waals surface area contributed by atoms with E-state index in [1.165, 1.54) is 23.1 Å². The minimum Gasteiger partial charge on any atom is -0.317 e. The molecule has 114 valence electrons. The zero-order valence-corrected chi connectivity index (χ0v) is 14.3. The van der Waals surface area contributed by atoms with E-state index in [0.29, 0.717) is 0 Å². The predicted molar refractivity (Wildman–Crippen MR) is 91.0 cm³/mol. The maximum absolute atomic E-state index is 4.73. The molecule has 0 radical (unpaired) electrons. The van der Waals surface area contributed by atoms with Gasteiger partial charge in [0, 0.05) is 22.3 Å². The van der Waals surface area contributed by atoms with E-state index < -0.39 is 0 Å². The quantitative estimate of drug-likeness (QED) is 0.784. The molecule has 0 spiro atoms. The molecule has 2 aromatic rings. The summed E-state index contributed by atoms with van der Waals surface area (Å²) in [7, 11) is 0. The van der Waals surface area contributed by atoms with Gasteiger partial charge in [0.2, 0.25) is 0 Å². The van der Waals surface area contributed by atoms with Crippen LogP contribution in [0, 0.1) is 20.8 Å². The lowest BCUT2D eigenvalue weighted by atomic mass is 10.1. The van der Waals surface area contributed by atoms with Gasteiger partial charge in [0.15, 0.2) is 5.82 Å². The van der Waals surface area contributed by atoms with Crippen molar-refractivity contribution in [2.75, 3.05) is 13.1 Å². The Labute approximate surface area is 131 Å². The minimum atomic E-state index is 0.872. The predicted octanol–water partition coefficient (Wildman–Crippen LogP) is 4.06. The number of aryl methyl sites for hydroxylation is 3. The molecule has 0 saturated heterocycles. The van der Waals surface area contributed by atoms with Gasteiger partial charge in [-0.05, 0) is 69.6 Å². The zero-order valence-electron chi connectivity index (χ0n) is 13.5. The Morgan fingerprint density at radius 2 is 1.76 bits per heavy atom. The average Bonchev–Trinajstić information content (AvgIpc) is 2.87. The number of nitrogens with one attached hydrogen (secondary N) is 1. The van der Waals surface area contributed by atoms with E-state index in [-0.39, 0.29) is 0 Å². The lowest BCUT2D eigenvalue weighted by molar-refractivity contribution is 0.636. The molecule has 0 amide bonds. The van der Waals surface area contributed by atoms with Gasteiger partial charge >= 0.3 is 0 Å². The topological polar surface area (TPSA) is 37.8 Å². The Morgan fingerprint density at radius 3 is 2.33 bits per heavy atom. The van der Waals surface area contributed by atoms with Crippen molar-refractivity contribution in [1.29, 1.82) is 0 Å². The van der Waals surface area contributed by atoms with E-state index in [0.717, 1.165) is 43.1 Å². The third-order valence-corrected chi connectivity index (χ3v) is 4.59. The molecule has 2 heterocycles. The monoisotopic (exact) mass is 303 g/mol. The minimum absolute atomic E-state index is 0.872. The molecule has 0 aliphatic rings. The Morgan fingerprint density at radius 1 is 1.05 bits per heavy atom. The first-order valence-corrected chi connectivity index (χ1v) is 8.65. The third kappa shape index (κ3) is 4.11. The second-order valence-corrected chi connectivity index (χ2v) is 6.26. The van der Waals surface area contributed by atoms with Gasteiger partial charge < -0.3 is 5.32 Å². The summed E-state index contributed by atoms with van der Waals surface area (Å²) < 4.78 is 0. The highest BCUT2D eigenvalue weighted by molar-refractivity contribution is 7.08. The van der Waals surface area contributed by atoms with Gasteiger partial charge in [0.05, 0.1) is 0 Å². The van der Waals surface area contributed by atoms with Crippen molar-refractivity contribution in [3.63, 3.8) is 0 Å². The van der Waals surface area contributed by atoms with Crippen LogP contribution < -0.4 is 5.32 Å². The highest BCUT2D eigenvalue weighted by Crippen LogP contribution is 2.25. The van der Waals surface area contributed by atoms with Crippen LogP contribution in [-0.4, -0.2) is 23.1 Å². The van der Waals surface area contributed by atoms with Crippen molar-refractivity contribution in [3.8, 4) is 11.4 Å². The first-order valence-electron chi connectivity index (χ1n) is 7.71. The number of nitrogens with zero attached hydrogens (tertiary/aromatic N) is 2. The van der Waals surface area contributed by atoms with Crippen molar-refractivity contribution < 1.29 is 0 Å². The second-order valence-electron chi connectivity index (χ2n) is 5.52. The summed E-state index contributed by atoms with van der Waals surface area (Å²) in [5, 5.41) is 7.73. The molecule has 3 nitrogen and oxygen atoms in total. The smallest absolute Gasteiger partial charge is 0.160 e. The molecule has 0 unspecified atom stereocenters. The molecule has 0 aliphatic heterocycles. The van der Waals surface area contributed by atoms with Crippen LogP contribution in [0.4, 0.5) is 0 Å². The van der Waals surface area contributed by atoms with Crippen molar-refractivity contribution in [1.82, 2.24) is 15.3 Å². The van der Waals surface area contributed by atoms with Crippen LogP contribution in [0.5, 0.6) is 0 Å². The Bertz CT molecular complexity index is 566. The molecule has 0 bridgehead atoms. The van der Waals surface area contributed by atoms with Gasteiger partial charge in [-0.15, -0.1) is 0 Å². The fourth-order valence-electron chi connectivity index (χ4n) is 2.50. The average molecular weight is 303 g/mol. The molecule has 4 heteroatoms. The van der Waals surface area contributed by atoms with Crippen LogP contribution in [0.2, 0.25) is 0 Å². The standard InChI is InChI=1S/C17H25N3S/c1-5-8-18-9-6-7-15-13(3)19-17(20-14(15)4)16-11-21-10-12(16)2/h10-11,18H,5-9H2,1-4H3. The summed E-state index contributed by atoms with van der Waals surface area (Å²) in [6, 6.07) is 0. The lowest BCUT2D eigenvalue weighted by Crippen LogP contribution is -2.17. The fourth-order valence-corrected chi connectivity index (χ4v) is 3.33. The van der Waals surface area contributed by atoms with Crippen LogP contribution in [-0.2, 0) is 6.42 Å². The molecule has 1 N–H and O–H groups in total. The van der Waals surface area contributed by atoms with E-state index in [2.05, 4.69) is 43.8 Å². The van der Waals surface area contributed by atoms with E-state index in [4.69, 9.17) is 9.97 Å². The molecule has 0 saturated carbocycles. The fraction of sp³-hybridized carbons (Fsp3) is 0.529. The summed E-state index contributed by atoms with van der Waals surface area (Å²) in [6.45, 7) is 10.7. The Kier molecular flexibility index (Phi) is 5.88. The van der Waals surface area contributed by atoms with E-state index in [1.807, 2.05) is 0 Å². The summed E-state index contributed by atoms with van der Waals surface area (Å²) in [4.78, 5) is 9.45. The van der Waals surface area contributed by atoms with Crippen LogP contribution in [0.15, 0.2) is 10.8 Å². The zero-order chi connectivity index (χ0) is 15.2. The molecule has 0 aliphatic carbocycles. The largest absolute Gasteiger partial charge is 0.317 e. The first kappa shape index (κ1) is 16.1. The van der Waals surface area contributed by atoms with Crippen LogP contribution in [0.3, 0.4) is 0 Å². The Hall–Kier alpha value is -1.26. The molecule has 2 rings (SSSR count). The van der Waals surface area contributed by atoms with Gasteiger partial charge in [0.1, 0.15) is 0 Å². The van der Waals surface area contributed by atoms with Crippen molar-refractivity contribution in [2.24, 2.45) is 0 Å². The summed E-state index contributed by atoms with van der Waals surface area (Å²) in [5.74, 6) is 0.872. The van der Waals surface area contributed by atoms with Crippen LogP contribution in [0.1, 0.15) is 42.3 Å². The molecular formula is C17H25N3S. The van der Waals surface area contributed by atoms with Crippen molar-refractivity contribution in [3.05, 3.63) is 33.3 Å². The van der Waals surface area contributed by atoms with Gasteiger partial charge in [-0.3, -0.25) is 0 Å². The summed E-state index contributed by atoms with van der Waals surface area (Å²) in [5.41, 5.74) is 5.99. The molecule has 0 aromatic carbocycles. The maximum Gasteiger partial charge on any atom is 0.160 e. The molecule has 21 heavy (non-hydrogen) atoms. The van der Waals surface area contributed by atoms with Crippen molar-refractivity contribution in [2.45, 2.75) is 47.0 Å². The molecular weight excluding hydrogens is 278 g/mol. The molecule has 2 aromatic heterocycles. The number of hydrogen-bond acceptors (Lipinski definition) is 4. The number of hydrogen-bond donors (Lipinski definition) is 1.